The predicted molar refractivity (Wildman–Crippen MR) is 72.8 cm³/mol. The van der Waals surface area contributed by atoms with E-state index in [1.807, 2.05) is 0 Å². The number of fused-ring (bicyclic) bond motifs is 1. The van der Waals surface area contributed by atoms with E-state index in [1.165, 1.54) is 37.8 Å². The molecule has 0 spiro atoms. The van der Waals surface area contributed by atoms with Crippen LogP contribution in [-0.4, -0.2) is 26.2 Å². The summed E-state index contributed by atoms with van der Waals surface area (Å²) in [5.41, 5.74) is 4.77. The van der Waals surface area contributed by atoms with Crippen LogP contribution in [-0.2, 0) is 12.8 Å². The smallest absolute Gasteiger partial charge is 0.0402 e. The molecule has 1 aromatic rings. The molecule has 0 aromatic heterocycles. The molecule has 1 fully saturated rings. The molecule has 1 N–H and O–H groups in total. The number of piperazine rings is 1. The van der Waals surface area contributed by atoms with Crippen molar-refractivity contribution in [2.24, 2.45) is 0 Å². The van der Waals surface area contributed by atoms with E-state index >= 15 is 0 Å². The highest BCUT2D eigenvalue weighted by atomic mass is 15.2. The Hall–Kier alpha value is -1.02. The van der Waals surface area contributed by atoms with Crippen molar-refractivity contribution in [2.75, 3.05) is 31.1 Å². The standard InChI is InChI=1S/C15H22N2/c1-2-5-13-6-4-8-15(14(13)7-3-1)17-11-9-16-10-12-17/h4,6,8,16H,1-3,5,7,9-12H2. The SMILES string of the molecule is c1cc2c(c(N3CCNCC3)c1)CCCCC2. The van der Waals surface area contributed by atoms with Gasteiger partial charge in [0, 0.05) is 31.9 Å². The van der Waals surface area contributed by atoms with Crippen molar-refractivity contribution >= 4 is 5.69 Å². The van der Waals surface area contributed by atoms with Gasteiger partial charge in [-0.2, -0.15) is 0 Å². The van der Waals surface area contributed by atoms with E-state index in [-0.39, 0.29) is 0 Å². The predicted octanol–water partition coefficient (Wildman–Crippen LogP) is 2.37. The minimum atomic E-state index is 1.13. The topological polar surface area (TPSA) is 15.3 Å². The lowest BCUT2D eigenvalue weighted by atomic mass is 10.00. The van der Waals surface area contributed by atoms with E-state index in [0.29, 0.717) is 0 Å². The molecule has 1 saturated heterocycles. The first-order chi connectivity index (χ1) is 8.45. The Kier molecular flexibility index (Phi) is 3.32. The molecule has 0 unspecified atom stereocenters. The second-order valence-electron chi connectivity index (χ2n) is 5.21. The minimum Gasteiger partial charge on any atom is -0.369 e. The van der Waals surface area contributed by atoms with Gasteiger partial charge < -0.3 is 10.2 Å². The number of hydrogen-bond donors (Lipinski definition) is 1. The fraction of sp³-hybridized carbons (Fsp3) is 0.600. The molecule has 0 amide bonds. The quantitative estimate of drug-likeness (QED) is 0.745. The van der Waals surface area contributed by atoms with Crippen LogP contribution >= 0.6 is 0 Å². The lowest BCUT2D eigenvalue weighted by molar-refractivity contribution is 0.587. The van der Waals surface area contributed by atoms with Gasteiger partial charge in [0.25, 0.3) is 0 Å². The Bertz CT molecular complexity index is 381. The van der Waals surface area contributed by atoms with Gasteiger partial charge >= 0.3 is 0 Å². The highest BCUT2D eigenvalue weighted by molar-refractivity contribution is 5.57. The fourth-order valence-electron chi connectivity index (χ4n) is 3.14. The maximum absolute atomic E-state index is 3.44. The van der Waals surface area contributed by atoms with Crippen LogP contribution < -0.4 is 10.2 Å². The third-order valence-corrected chi connectivity index (χ3v) is 4.08. The van der Waals surface area contributed by atoms with E-state index < -0.39 is 0 Å². The van der Waals surface area contributed by atoms with Gasteiger partial charge in [-0.05, 0) is 42.9 Å². The molecule has 92 valence electrons. The van der Waals surface area contributed by atoms with Crippen molar-refractivity contribution in [3.63, 3.8) is 0 Å². The zero-order chi connectivity index (χ0) is 11.5. The van der Waals surface area contributed by atoms with Crippen LogP contribution in [0.25, 0.3) is 0 Å². The maximum atomic E-state index is 3.44. The second kappa shape index (κ2) is 5.09. The van der Waals surface area contributed by atoms with E-state index in [4.69, 9.17) is 0 Å². The Labute approximate surface area is 104 Å². The number of anilines is 1. The van der Waals surface area contributed by atoms with Crippen LogP contribution in [0.2, 0.25) is 0 Å². The van der Waals surface area contributed by atoms with Crippen molar-refractivity contribution in [2.45, 2.75) is 32.1 Å². The largest absolute Gasteiger partial charge is 0.369 e. The maximum Gasteiger partial charge on any atom is 0.0402 e. The average molecular weight is 230 g/mol. The van der Waals surface area contributed by atoms with Gasteiger partial charge in [0.05, 0.1) is 0 Å². The lowest BCUT2D eigenvalue weighted by Gasteiger charge is -2.31. The van der Waals surface area contributed by atoms with Gasteiger partial charge in [0.1, 0.15) is 0 Å². The van der Waals surface area contributed by atoms with Crippen LogP contribution in [0.15, 0.2) is 18.2 Å². The first-order valence-corrected chi connectivity index (χ1v) is 7.01. The zero-order valence-electron chi connectivity index (χ0n) is 10.5. The normalized spacial score (nSPS) is 20.8. The summed E-state index contributed by atoms with van der Waals surface area (Å²) in [6, 6.07) is 6.92. The second-order valence-corrected chi connectivity index (χ2v) is 5.21. The number of rotatable bonds is 1. The first-order valence-electron chi connectivity index (χ1n) is 7.01. The Morgan fingerprint density at radius 2 is 1.76 bits per heavy atom. The molecule has 0 bridgehead atoms. The van der Waals surface area contributed by atoms with Gasteiger partial charge in [-0.15, -0.1) is 0 Å². The van der Waals surface area contributed by atoms with Gasteiger partial charge in [0.2, 0.25) is 0 Å². The third kappa shape index (κ3) is 2.32. The molecule has 0 saturated carbocycles. The number of aryl methyl sites for hydroxylation is 1. The Morgan fingerprint density at radius 1 is 0.941 bits per heavy atom. The van der Waals surface area contributed by atoms with Crippen LogP contribution in [0.5, 0.6) is 0 Å². The molecule has 1 aromatic carbocycles. The average Bonchev–Trinajstić information content (AvgIpc) is 2.64. The number of benzene rings is 1. The summed E-state index contributed by atoms with van der Waals surface area (Å²) in [6.45, 7) is 4.58. The van der Waals surface area contributed by atoms with E-state index in [1.54, 1.807) is 11.1 Å². The van der Waals surface area contributed by atoms with Gasteiger partial charge in [-0.25, -0.2) is 0 Å². The zero-order valence-corrected chi connectivity index (χ0v) is 10.5. The van der Waals surface area contributed by atoms with Crippen LogP contribution in [0, 0.1) is 0 Å². The van der Waals surface area contributed by atoms with Crippen molar-refractivity contribution in [3.8, 4) is 0 Å². The molecule has 1 heterocycles. The molecule has 17 heavy (non-hydrogen) atoms. The summed E-state index contributed by atoms with van der Waals surface area (Å²) in [4.78, 5) is 2.57. The first kappa shape index (κ1) is 11.1. The molecule has 2 aliphatic rings. The van der Waals surface area contributed by atoms with Crippen molar-refractivity contribution in [3.05, 3.63) is 29.3 Å². The summed E-state index contributed by atoms with van der Waals surface area (Å²) >= 11 is 0. The van der Waals surface area contributed by atoms with E-state index in [0.717, 1.165) is 26.2 Å². The number of nitrogens with one attached hydrogen (secondary N) is 1. The molecule has 3 rings (SSSR count). The summed E-state index contributed by atoms with van der Waals surface area (Å²) in [7, 11) is 0. The van der Waals surface area contributed by atoms with Gasteiger partial charge in [0.15, 0.2) is 0 Å². The molecule has 2 heteroatoms. The molecule has 1 aliphatic carbocycles. The van der Waals surface area contributed by atoms with Crippen molar-refractivity contribution < 1.29 is 0 Å². The molecular formula is C15H22N2. The van der Waals surface area contributed by atoms with Crippen LogP contribution in [0.4, 0.5) is 5.69 Å². The van der Waals surface area contributed by atoms with Gasteiger partial charge in [-0.1, -0.05) is 18.6 Å². The highest BCUT2D eigenvalue weighted by Gasteiger charge is 2.17. The third-order valence-electron chi connectivity index (χ3n) is 4.08. The van der Waals surface area contributed by atoms with Gasteiger partial charge in [-0.3, -0.25) is 0 Å². The molecule has 1 aliphatic heterocycles. The highest BCUT2D eigenvalue weighted by Crippen LogP contribution is 2.29. The monoisotopic (exact) mass is 230 g/mol. The lowest BCUT2D eigenvalue weighted by Crippen LogP contribution is -2.44. The number of hydrogen-bond acceptors (Lipinski definition) is 2. The summed E-state index contributed by atoms with van der Waals surface area (Å²) in [5.74, 6) is 0. The molecular weight excluding hydrogens is 208 g/mol. The molecule has 0 radical (unpaired) electrons. The fourth-order valence-corrected chi connectivity index (χ4v) is 3.14. The number of nitrogens with zero attached hydrogens (tertiary/aromatic N) is 1. The molecule has 0 atom stereocenters. The Balaban J connectivity index is 1.92. The minimum absolute atomic E-state index is 1.13. The molecule has 2 nitrogen and oxygen atoms in total. The summed E-state index contributed by atoms with van der Waals surface area (Å²) < 4.78 is 0. The van der Waals surface area contributed by atoms with Crippen molar-refractivity contribution in [1.82, 2.24) is 5.32 Å². The van der Waals surface area contributed by atoms with Crippen LogP contribution in [0.1, 0.15) is 30.4 Å². The Morgan fingerprint density at radius 3 is 2.65 bits per heavy atom. The van der Waals surface area contributed by atoms with Crippen molar-refractivity contribution in [1.29, 1.82) is 0 Å². The van der Waals surface area contributed by atoms with E-state index in [9.17, 15) is 0 Å². The summed E-state index contributed by atoms with van der Waals surface area (Å²) in [5, 5.41) is 3.44. The summed E-state index contributed by atoms with van der Waals surface area (Å²) in [6.07, 6.45) is 6.72. The van der Waals surface area contributed by atoms with Crippen LogP contribution in [0.3, 0.4) is 0 Å². The van der Waals surface area contributed by atoms with E-state index in [2.05, 4.69) is 28.4 Å².